The molecule has 0 radical (unpaired) electrons. The average molecular weight is 352 g/mol. The van der Waals surface area contributed by atoms with E-state index in [1.165, 1.54) is 0 Å². The standard InChI is InChI=1S/C18H16N4O4/c23-16(19-11-5-6-12-13(9-11)21-18(25)20-12)7-8-22-14-3-1-2-4-15(14)26-10-17(22)24/h1-6,9H,7-8,10H2,(H,19,23)(H2,20,21,25). The SMILES string of the molecule is O=C(CCN1C(=O)COc2ccccc21)Nc1ccc2[nH]c(=O)[nH]c2c1. The number of para-hydroxylation sites is 2. The first-order valence-electron chi connectivity index (χ1n) is 8.14. The van der Waals surface area contributed by atoms with Crippen LogP contribution in [0.3, 0.4) is 0 Å². The predicted octanol–water partition coefficient (Wildman–Crippen LogP) is 1.61. The van der Waals surface area contributed by atoms with Crippen molar-refractivity contribution in [2.75, 3.05) is 23.4 Å². The lowest BCUT2D eigenvalue weighted by Crippen LogP contribution is -2.40. The zero-order valence-electron chi connectivity index (χ0n) is 13.7. The largest absolute Gasteiger partial charge is 0.482 e. The summed E-state index contributed by atoms with van der Waals surface area (Å²) in [5.41, 5.74) is 2.23. The number of imidazole rings is 1. The van der Waals surface area contributed by atoms with Crippen molar-refractivity contribution in [2.45, 2.75) is 6.42 Å². The fraction of sp³-hybridized carbons (Fsp3) is 0.167. The lowest BCUT2D eigenvalue weighted by atomic mass is 10.2. The van der Waals surface area contributed by atoms with Crippen LogP contribution in [-0.4, -0.2) is 34.9 Å². The highest BCUT2D eigenvalue weighted by Crippen LogP contribution is 2.31. The molecular weight excluding hydrogens is 336 g/mol. The topological polar surface area (TPSA) is 107 Å². The van der Waals surface area contributed by atoms with Crippen molar-refractivity contribution in [1.82, 2.24) is 9.97 Å². The summed E-state index contributed by atoms with van der Waals surface area (Å²) in [6, 6.07) is 12.3. The van der Waals surface area contributed by atoms with Gasteiger partial charge in [-0.2, -0.15) is 0 Å². The quantitative estimate of drug-likeness (QED) is 0.663. The number of aromatic amines is 2. The van der Waals surface area contributed by atoms with Crippen molar-refractivity contribution >= 4 is 34.2 Å². The maximum absolute atomic E-state index is 12.3. The third-order valence-electron chi connectivity index (χ3n) is 4.17. The minimum Gasteiger partial charge on any atom is -0.482 e. The molecule has 2 heterocycles. The van der Waals surface area contributed by atoms with Crippen molar-refractivity contribution < 1.29 is 14.3 Å². The van der Waals surface area contributed by atoms with Gasteiger partial charge < -0.3 is 24.9 Å². The Morgan fingerprint density at radius 1 is 1.12 bits per heavy atom. The number of anilines is 2. The third-order valence-corrected chi connectivity index (χ3v) is 4.17. The summed E-state index contributed by atoms with van der Waals surface area (Å²) in [5.74, 6) is 0.233. The summed E-state index contributed by atoms with van der Waals surface area (Å²) in [7, 11) is 0. The summed E-state index contributed by atoms with van der Waals surface area (Å²) < 4.78 is 5.39. The molecule has 8 nitrogen and oxygen atoms in total. The lowest BCUT2D eigenvalue weighted by molar-refractivity contribution is -0.121. The molecule has 8 heteroatoms. The zero-order chi connectivity index (χ0) is 18.1. The van der Waals surface area contributed by atoms with Gasteiger partial charge in [0.15, 0.2) is 6.61 Å². The Balaban J connectivity index is 1.43. The molecule has 0 saturated carbocycles. The van der Waals surface area contributed by atoms with E-state index >= 15 is 0 Å². The number of amides is 2. The molecule has 2 aromatic carbocycles. The zero-order valence-corrected chi connectivity index (χ0v) is 13.7. The van der Waals surface area contributed by atoms with Crippen LogP contribution in [0.5, 0.6) is 5.75 Å². The third kappa shape index (κ3) is 3.04. The minimum atomic E-state index is -0.298. The van der Waals surface area contributed by atoms with Crippen LogP contribution in [0.15, 0.2) is 47.3 Å². The van der Waals surface area contributed by atoms with Gasteiger partial charge in [-0.05, 0) is 30.3 Å². The van der Waals surface area contributed by atoms with E-state index in [1.807, 2.05) is 12.1 Å². The van der Waals surface area contributed by atoms with Crippen LogP contribution in [0.2, 0.25) is 0 Å². The van der Waals surface area contributed by atoms with Crippen molar-refractivity contribution in [1.29, 1.82) is 0 Å². The number of H-pyrrole nitrogens is 2. The van der Waals surface area contributed by atoms with Gasteiger partial charge in [0.25, 0.3) is 5.91 Å². The molecule has 0 bridgehead atoms. The maximum atomic E-state index is 12.3. The molecule has 132 valence electrons. The van der Waals surface area contributed by atoms with E-state index in [1.54, 1.807) is 35.2 Å². The van der Waals surface area contributed by atoms with Crippen LogP contribution in [-0.2, 0) is 9.59 Å². The summed E-state index contributed by atoms with van der Waals surface area (Å²) >= 11 is 0. The molecule has 1 aliphatic rings. The van der Waals surface area contributed by atoms with Gasteiger partial charge in [0.1, 0.15) is 5.75 Å². The smallest absolute Gasteiger partial charge is 0.323 e. The fourth-order valence-electron chi connectivity index (χ4n) is 2.95. The van der Waals surface area contributed by atoms with Crippen molar-refractivity contribution in [2.24, 2.45) is 0 Å². The molecule has 0 spiro atoms. The normalized spacial score (nSPS) is 13.4. The molecule has 4 rings (SSSR count). The van der Waals surface area contributed by atoms with Gasteiger partial charge >= 0.3 is 5.69 Å². The van der Waals surface area contributed by atoms with E-state index in [9.17, 15) is 14.4 Å². The number of nitrogens with zero attached hydrogens (tertiary/aromatic N) is 1. The highest BCUT2D eigenvalue weighted by Gasteiger charge is 2.25. The van der Waals surface area contributed by atoms with Crippen molar-refractivity contribution in [3.63, 3.8) is 0 Å². The van der Waals surface area contributed by atoms with Crippen molar-refractivity contribution in [3.8, 4) is 5.75 Å². The van der Waals surface area contributed by atoms with Crippen LogP contribution >= 0.6 is 0 Å². The Morgan fingerprint density at radius 2 is 1.92 bits per heavy atom. The number of fused-ring (bicyclic) bond motifs is 2. The van der Waals surface area contributed by atoms with E-state index in [-0.39, 0.29) is 37.1 Å². The Bertz CT molecular complexity index is 1050. The second-order valence-corrected chi connectivity index (χ2v) is 5.94. The van der Waals surface area contributed by atoms with E-state index in [0.29, 0.717) is 28.2 Å². The predicted molar refractivity (Wildman–Crippen MR) is 96.5 cm³/mol. The number of aromatic nitrogens is 2. The molecule has 0 unspecified atom stereocenters. The molecule has 0 fully saturated rings. The van der Waals surface area contributed by atoms with Gasteiger partial charge in [-0.1, -0.05) is 12.1 Å². The van der Waals surface area contributed by atoms with Crippen LogP contribution in [0.25, 0.3) is 11.0 Å². The van der Waals surface area contributed by atoms with Gasteiger partial charge in [0.2, 0.25) is 5.91 Å². The molecule has 0 atom stereocenters. The van der Waals surface area contributed by atoms with Gasteiger partial charge in [-0.3, -0.25) is 9.59 Å². The van der Waals surface area contributed by atoms with E-state index in [4.69, 9.17) is 4.74 Å². The van der Waals surface area contributed by atoms with E-state index < -0.39 is 0 Å². The Morgan fingerprint density at radius 3 is 2.81 bits per heavy atom. The number of hydrogen-bond acceptors (Lipinski definition) is 4. The van der Waals surface area contributed by atoms with E-state index in [2.05, 4.69) is 15.3 Å². The molecule has 0 saturated heterocycles. The first-order chi connectivity index (χ1) is 12.6. The second kappa shape index (κ2) is 6.40. The molecule has 1 aromatic heterocycles. The lowest BCUT2D eigenvalue weighted by Gasteiger charge is -2.29. The van der Waals surface area contributed by atoms with Gasteiger partial charge in [-0.25, -0.2) is 4.79 Å². The summed E-state index contributed by atoms with van der Waals surface area (Å²) in [6.07, 6.45) is 0.141. The fourth-order valence-corrected chi connectivity index (χ4v) is 2.95. The number of ether oxygens (including phenoxy) is 1. The van der Waals surface area contributed by atoms with Gasteiger partial charge in [0, 0.05) is 18.7 Å². The molecule has 26 heavy (non-hydrogen) atoms. The highest BCUT2D eigenvalue weighted by atomic mass is 16.5. The molecule has 0 aliphatic carbocycles. The average Bonchev–Trinajstić information content (AvgIpc) is 3.00. The summed E-state index contributed by atoms with van der Waals surface area (Å²) in [4.78, 5) is 42.5. The number of rotatable bonds is 4. The molecule has 3 aromatic rings. The Labute approximate surface area is 147 Å². The van der Waals surface area contributed by atoms with Gasteiger partial charge in [-0.15, -0.1) is 0 Å². The minimum absolute atomic E-state index is 0.0316. The van der Waals surface area contributed by atoms with E-state index in [0.717, 1.165) is 0 Å². The number of hydrogen-bond donors (Lipinski definition) is 3. The summed E-state index contributed by atoms with van der Waals surface area (Å²) in [5, 5.41) is 2.78. The maximum Gasteiger partial charge on any atom is 0.323 e. The number of carbonyl (C=O) groups is 2. The van der Waals surface area contributed by atoms with Gasteiger partial charge in [0.05, 0.1) is 16.7 Å². The second-order valence-electron chi connectivity index (χ2n) is 5.94. The number of carbonyl (C=O) groups excluding carboxylic acids is 2. The number of nitrogens with one attached hydrogen (secondary N) is 3. The van der Waals surface area contributed by atoms with Crippen LogP contribution in [0, 0.1) is 0 Å². The van der Waals surface area contributed by atoms with Crippen LogP contribution in [0.1, 0.15) is 6.42 Å². The molecule has 3 N–H and O–H groups in total. The molecule has 2 amide bonds. The first kappa shape index (κ1) is 15.9. The first-order valence-corrected chi connectivity index (χ1v) is 8.14. The highest BCUT2D eigenvalue weighted by molar-refractivity contribution is 5.99. The van der Waals surface area contributed by atoms with Crippen LogP contribution < -0.4 is 20.6 Å². The number of benzene rings is 2. The Hall–Kier alpha value is -3.55. The monoisotopic (exact) mass is 352 g/mol. The molecule has 1 aliphatic heterocycles. The Kier molecular flexibility index (Phi) is 3.92. The summed E-state index contributed by atoms with van der Waals surface area (Å²) in [6.45, 7) is 0.227. The van der Waals surface area contributed by atoms with Crippen molar-refractivity contribution in [3.05, 3.63) is 52.9 Å². The van der Waals surface area contributed by atoms with Crippen LogP contribution in [0.4, 0.5) is 11.4 Å². The molecular formula is C18H16N4O4.